The lowest BCUT2D eigenvalue weighted by Crippen LogP contribution is -2.30. The van der Waals surface area contributed by atoms with E-state index in [1.54, 1.807) is 30.8 Å². The van der Waals surface area contributed by atoms with Crippen molar-refractivity contribution in [2.75, 3.05) is 20.6 Å². The fraction of sp³-hybridized carbons (Fsp3) is 0.889. The van der Waals surface area contributed by atoms with E-state index in [1.165, 1.54) is 0 Å². The minimum atomic E-state index is 0.0385. The van der Waals surface area contributed by atoms with E-state index in [2.05, 4.69) is 6.92 Å². The van der Waals surface area contributed by atoms with Crippen molar-refractivity contribution < 1.29 is 4.79 Å². The zero-order valence-corrected chi connectivity index (χ0v) is 9.73. The summed E-state index contributed by atoms with van der Waals surface area (Å²) in [5.74, 6) is 0.175. The first-order valence-electron chi connectivity index (χ1n) is 4.55. The summed E-state index contributed by atoms with van der Waals surface area (Å²) in [4.78, 5) is 13.1. The van der Waals surface area contributed by atoms with Gasteiger partial charge in [-0.15, -0.1) is 11.8 Å². The quantitative estimate of drug-likeness (QED) is 0.725. The minimum absolute atomic E-state index is 0.0385. The van der Waals surface area contributed by atoms with Gasteiger partial charge < -0.3 is 10.6 Å². The summed E-state index contributed by atoms with van der Waals surface area (Å²) in [6.45, 7) is 4.74. The van der Waals surface area contributed by atoms with Gasteiger partial charge in [-0.1, -0.05) is 6.92 Å². The van der Waals surface area contributed by atoms with E-state index in [9.17, 15) is 4.79 Å². The van der Waals surface area contributed by atoms with E-state index in [0.29, 0.717) is 11.8 Å². The van der Waals surface area contributed by atoms with Crippen LogP contribution >= 0.6 is 11.8 Å². The van der Waals surface area contributed by atoms with Crippen LogP contribution < -0.4 is 5.73 Å². The molecule has 0 aromatic rings. The molecule has 13 heavy (non-hydrogen) atoms. The van der Waals surface area contributed by atoms with E-state index < -0.39 is 0 Å². The van der Waals surface area contributed by atoms with Crippen LogP contribution in [0.25, 0.3) is 0 Å². The third-order valence-electron chi connectivity index (χ3n) is 1.80. The van der Waals surface area contributed by atoms with Crippen LogP contribution in [-0.2, 0) is 4.79 Å². The molecule has 0 heterocycles. The van der Waals surface area contributed by atoms with Gasteiger partial charge in [0.1, 0.15) is 0 Å². The number of rotatable bonds is 5. The van der Waals surface area contributed by atoms with Crippen LogP contribution in [0.2, 0.25) is 0 Å². The predicted molar refractivity (Wildman–Crippen MR) is 58.9 cm³/mol. The molecule has 0 spiro atoms. The molecule has 2 unspecified atom stereocenters. The molecule has 2 atom stereocenters. The van der Waals surface area contributed by atoms with E-state index >= 15 is 0 Å². The lowest BCUT2D eigenvalue weighted by molar-refractivity contribution is -0.127. The number of amides is 1. The lowest BCUT2D eigenvalue weighted by Gasteiger charge is -2.19. The highest BCUT2D eigenvalue weighted by atomic mass is 32.2. The van der Waals surface area contributed by atoms with Crippen LogP contribution in [0.5, 0.6) is 0 Å². The Morgan fingerprint density at radius 1 is 1.46 bits per heavy atom. The average Bonchev–Trinajstić information content (AvgIpc) is 2.03. The van der Waals surface area contributed by atoms with Gasteiger partial charge in [-0.05, 0) is 19.9 Å². The van der Waals surface area contributed by atoms with Crippen molar-refractivity contribution in [3.63, 3.8) is 0 Å². The molecular formula is C9H20N2OS. The number of nitrogens with two attached hydrogens (primary N) is 1. The summed E-state index contributed by atoms with van der Waals surface area (Å²) in [5.41, 5.74) is 5.43. The van der Waals surface area contributed by atoms with Crippen molar-refractivity contribution in [2.45, 2.75) is 30.8 Å². The standard InChI is InChI=1S/C9H20N2OS/c1-7(5-6-10)13-8(2)9(12)11(3)4/h7-8H,5-6,10H2,1-4H3. The fourth-order valence-electron chi connectivity index (χ4n) is 1.07. The molecule has 0 fully saturated rings. The summed E-state index contributed by atoms with van der Waals surface area (Å²) in [6.07, 6.45) is 0.968. The van der Waals surface area contributed by atoms with E-state index in [4.69, 9.17) is 5.73 Å². The first-order chi connectivity index (χ1) is 5.99. The Morgan fingerprint density at radius 3 is 2.38 bits per heavy atom. The number of hydrogen-bond acceptors (Lipinski definition) is 3. The Kier molecular flexibility index (Phi) is 6.16. The van der Waals surface area contributed by atoms with Crippen LogP contribution in [0, 0.1) is 0 Å². The van der Waals surface area contributed by atoms with Crippen molar-refractivity contribution >= 4 is 17.7 Å². The average molecular weight is 204 g/mol. The molecule has 78 valence electrons. The molecule has 1 amide bonds. The Bertz CT molecular complexity index is 162. The number of carbonyl (C=O) groups excluding carboxylic acids is 1. The van der Waals surface area contributed by atoms with Crippen LogP contribution in [0.1, 0.15) is 20.3 Å². The molecule has 0 rings (SSSR count). The molecular weight excluding hydrogens is 184 g/mol. The smallest absolute Gasteiger partial charge is 0.234 e. The second-order valence-corrected chi connectivity index (χ2v) is 5.18. The summed E-state index contributed by atoms with van der Waals surface area (Å²) in [5, 5.41) is 0.500. The highest BCUT2D eigenvalue weighted by Gasteiger charge is 2.17. The van der Waals surface area contributed by atoms with Crippen LogP contribution in [0.15, 0.2) is 0 Å². The topological polar surface area (TPSA) is 46.3 Å². The summed E-state index contributed by atoms with van der Waals surface area (Å²) < 4.78 is 0. The van der Waals surface area contributed by atoms with E-state index in [0.717, 1.165) is 6.42 Å². The van der Waals surface area contributed by atoms with Crippen LogP contribution in [0.3, 0.4) is 0 Å². The first-order valence-corrected chi connectivity index (χ1v) is 5.50. The first kappa shape index (κ1) is 12.8. The van der Waals surface area contributed by atoms with E-state index in [-0.39, 0.29) is 11.2 Å². The number of nitrogens with zero attached hydrogens (tertiary/aromatic N) is 1. The number of carbonyl (C=O) groups is 1. The van der Waals surface area contributed by atoms with E-state index in [1.807, 2.05) is 6.92 Å². The SMILES string of the molecule is CC(CCN)SC(C)C(=O)N(C)C. The maximum Gasteiger partial charge on any atom is 0.234 e. The summed E-state index contributed by atoms with van der Waals surface area (Å²) in [6, 6.07) is 0. The summed E-state index contributed by atoms with van der Waals surface area (Å²) in [7, 11) is 3.57. The van der Waals surface area contributed by atoms with Gasteiger partial charge in [-0.2, -0.15) is 0 Å². The number of hydrogen-bond donors (Lipinski definition) is 1. The van der Waals surface area contributed by atoms with Gasteiger partial charge in [0.05, 0.1) is 5.25 Å². The Balaban J connectivity index is 3.85. The molecule has 4 heteroatoms. The van der Waals surface area contributed by atoms with Crippen LogP contribution in [0.4, 0.5) is 0 Å². The monoisotopic (exact) mass is 204 g/mol. The second-order valence-electron chi connectivity index (χ2n) is 3.40. The largest absolute Gasteiger partial charge is 0.348 e. The Labute approximate surface area is 85.0 Å². The van der Waals surface area contributed by atoms with Gasteiger partial charge in [-0.3, -0.25) is 4.79 Å². The van der Waals surface area contributed by atoms with Gasteiger partial charge in [0, 0.05) is 19.3 Å². The van der Waals surface area contributed by atoms with Gasteiger partial charge in [-0.25, -0.2) is 0 Å². The number of thioether (sulfide) groups is 1. The zero-order valence-electron chi connectivity index (χ0n) is 8.91. The molecule has 0 aliphatic carbocycles. The third kappa shape index (κ3) is 5.16. The zero-order chi connectivity index (χ0) is 10.4. The molecule has 0 bridgehead atoms. The molecule has 2 N–H and O–H groups in total. The third-order valence-corrected chi connectivity index (χ3v) is 3.11. The van der Waals surface area contributed by atoms with Crippen molar-refractivity contribution in [1.82, 2.24) is 4.90 Å². The van der Waals surface area contributed by atoms with Crippen molar-refractivity contribution in [2.24, 2.45) is 5.73 Å². The fourth-order valence-corrected chi connectivity index (χ4v) is 2.37. The molecule has 0 saturated heterocycles. The van der Waals surface area contributed by atoms with Crippen LogP contribution in [-0.4, -0.2) is 41.9 Å². The van der Waals surface area contributed by atoms with Crippen molar-refractivity contribution in [1.29, 1.82) is 0 Å². The maximum atomic E-state index is 11.5. The summed E-state index contributed by atoms with van der Waals surface area (Å²) >= 11 is 1.69. The molecule has 0 aliphatic heterocycles. The molecule has 0 aromatic heterocycles. The molecule has 0 radical (unpaired) electrons. The van der Waals surface area contributed by atoms with Crippen molar-refractivity contribution in [3.05, 3.63) is 0 Å². The molecule has 3 nitrogen and oxygen atoms in total. The predicted octanol–water partition coefficient (Wildman–Crippen LogP) is 0.934. The highest BCUT2D eigenvalue weighted by molar-refractivity contribution is 8.01. The maximum absolute atomic E-state index is 11.5. The van der Waals surface area contributed by atoms with Crippen molar-refractivity contribution in [3.8, 4) is 0 Å². The van der Waals surface area contributed by atoms with Gasteiger partial charge in [0.15, 0.2) is 0 Å². The van der Waals surface area contributed by atoms with Gasteiger partial charge in [0.2, 0.25) is 5.91 Å². The normalized spacial score (nSPS) is 15.2. The highest BCUT2D eigenvalue weighted by Crippen LogP contribution is 2.20. The minimum Gasteiger partial charge on any atom is -0.348 e. The molecule has 0 aliphatic rings. The lowest BCUT2D eigenvalue weighted by atomic mass is 10.3. The molecule has 0 aromatic carbocycles. The second kappa shape index (κ2) is 6.27. The van der Waals surface area contributed by atoms with Gasteiger partial charge >= 0.3 is 0 Å². The Morgan fingerprint density at radius 2 is 2.00 bits per heavy atom. The molecule has 0 saturated carbocycles. The Hall–Kier alpha value is -0.220. The van der Waals surface area contributed by atoms with Gasteiger partial charge in [0.25, 0.3) is 0 Å².